The van der Waals surface area contributed by atoms with Gasteiger partial charge in [0.05, 0.1) is 0 Å². The van der Waals surface area contributed by atoms with Crippen LogP contribution in [0, 0.1) is 0 Å². The summed E-state index contributed by atoms with van der Waals surface area (Å²) in [5.74, 6) is -0.364. The van der Waals surface area contributed by atoms with Crippen molar-refractivity contribution < 1.29 is 13.2 Å². The van der Waals surface area contributed by atoms with Crippen molar-refractivity contribution in [3.63, 3.8) is 0 Å². The summed E-state index contributed by atoms with van der Waals surface area (Å²) in [6.45, 7) is 0. The molecular formula is C10H15N3O3S. The van der Waals surface area contributed by atoms with Crippen LogP contribution < -0.4 is 10.5 Å². The third-order valence-corrected chi connectivity index (χ3v) is 3.62. The van der Waals surface area contributed by atoms with Crippen LogP contribution in [0.5, 0.6) is 0 Å². The second-order valence-corrected chi connectivity index (χ2v) is 5.44. The van der Waals surface area contributed by atoms with Crippen molar-refractivity contribution >= 4 is 15.9 Å². The number of aromatic nitrogens is 1. The molecule has 1 rings (SSSR count). The maximum atomic E-state index is 11.5. The predicted molar refractivity (Wildman–Crippen MR) is 62.6 cm³/mol. The molecule has 94 valence electrons. The molecule has 0 unspecified atom stereocenters. The number of nitrogens with zero attached hydrogens (tertiary/aromatic N) is 1. The lowest BCUT2D eigenvalue weighted by Gasteiger charge is -2.04. The van der Waals surface area contributed by atoms with Crippen molar-refractivity contribution in [2.75, 3.05) is 7.05 Å². The van der Waals surface area contributed by atoms with Crippen LogP contribution in [0.1, 0.15) is 18.4 Å². The van der Waals surface area contributed by atoms with Crippen LogP contribution in [0.4, 0.5) is 0 Å². The molecule has 1 aromatic heterocycles. The van der Waals surface area contributed by atoms with Crippen LogP contribution in [-0.4, -0.2) is 26.4 Å². The lowest BCUT2D eigenvalue weighted by Crippen LogP contribution is -2.19. The Labute approximate surface area is 100 Å². The summed E-state index contributed by atoms with van der Waals surface area (Å²) >= 11 is 0. The minimum Gasteiger partial charge on any atom is -0.370 e. The van der Waals surface area contributed by atoms with Gasteiger partial charge >= 0.3 is 0 Å². The van der Waals surface area contributed by atoms with Crippen LogP contribution in [0.3, 0.4) is 0 Å². The van der Waals surface area contributed by atoms with E-state index in [4.69, 9.17) is 5.73 Å². The lowest BCUT2D eigenvalue weighted by molar-refractivity contribution is -0.118. The van der Waals surface area contributed by atoms with Crippen molar-refractivity contribution in [3.8, 4) is 0 Å². The summed E-state index contributed by atoms with van der Waals surface area (Å²) in [6, 6.07) is 1.54. The van der Waals surface area contributed by atoms with Crippen LogP contribution in [0.25, 0.3) is 0 Å². The third-order valence-electron chi connectivity index (χ3n) is 2.24. The van der Waals surface area contributed by atoms with E-state index in [1.165, 1.54) is 13.2 Å². The molecule has 0 bridgehead atoms. The van der Waals surface area contributed by atoms with E-state index in [1.54, 1.807) is 12.3 Å². The molecule has 1 heterocycles. The van der Waals surface area contributed by atoms with E-state index < -0.39 is 10.0 Å². The summed E-state index contributed by atoms with van der Waals surface area (Å²) < 4.78 is 25.2. The van der Waals surface area contributed by atoms with Crippen LogP contribution in [0.2, 0.25) is 0 Å². The monoisotopic (exact) mass is 257 g/mol. The first-order chi connectivity index (χ1) is 7.95. The Morgan fingerprint density at radius 2 is 2.18 bits per heavy atom. The molecule has 0 aromatic carbocycles. The van der Waals surface area contributed by atoms with Gasteiger partial charge in [-0.2, -0.15) is 0 Å². The van der Waals surface area contributed by atoms with Gasteiger partial charge < -0.3 is 5.73 Å². The van der Waals surface area contributed by atoms with Gasteiger partial charge in [-0.1, -0.05) is 0 Å². The van der Waals surface area contributed by atoms with Crippen LogP contribution >= 0.6 is 0 Å². The molecule has 1 aromatic rings. The molecule has 0 fully saturated rings. The average molecular weight is 257 g/mol. The number of nitrogens with two attached hydrogens (primary N) is 1. The van der Waals surface area contributed by atoms with Gasteiger partial charge in [0, 0.05) is 18.8 Å². The van der Waals surface area contributed by atoms with E-state index in [1.807, 2.05) is 0 Å². The molecule has 0 aliphatic heterocycles. The molecule has 3 N–H and O–H groups in total. The number of hydrogen-bond donors (Lipinski definition) is 2. The highest BCUT2D eigenvalue weighted by Gasteiger charge is 2.11. The zero-order valence-corrected chi connectivity index (χ0v) is 10.3. The molecule has 0 radical (unpaired) electrons. The Balaban J connectivity index is 2.76. The number of nitrogens with one attached hydrogen (secondary N) is 1. The van der Waals surface area contributed by atoms with Crippen molar-refractivity contribution in [2.45, 2.75) is 24.2 Å². The van der Waals surface area contributed by atoms with Gasteiger partial charge in [0.15, 0.2) is 0 Å². The molecule has 6 nitrogen and oxygen atoms in total. The van der Waals surface area contributed by atoms with Crippen molar-refractivity contribution in [2.24, 2.45) is 5.73 Å². The smallest absolute Gasteiger partial charge is 0.241 e. The molecule has 0 saturated carbocycles. The van der Waals surface area contributed by atoms with Gasteiger partial charge in [-0.05, 0) is 31.5 Å². The predicted octanol–water partition coefficient (Wildman–Crippen LogP) is -0.202. The molecule has 0 atom stereocenters. The van der Waals surface area contributed by atoms with Gasteiger partial charge in [0.25, 0.3) is 0 Å². The number of rotatable bonds is 6. The number of pyridine rings is 1. The second kappa shape index (κ2) is 5.74. The Hall–Kier alpha value is -1.47. The number of sulfonamides is 1. The van der Waals surface area contributed by atoms with Crippen molar-refractivity contribution in [1.82, 2.24) is 9.71 Å². The van der Waals surface area contributed by atoms with E-state index >= 15 is 0 Å². The quantitative estimate of drug-likeness (QED) is 0.736. The van der Waals surface area contributed by atoms with Gasteiger partial charge in [-0.15, -0.1) is 0 Å². The fraction of sp³-hybridized carbons (Fsp3) is 0.400. The number of hydrogen-bond acceptors (Lipinski definition) is 4. The third kappa shape index (κ3) is 4.12. The average Bonchev–Trinajstić information content (AvgIpc) is 2.29. The summed E-state index contributed by atoms with van der Waals surface area (Å²) in [7, 11) is -2.12. The van der Waals surface area contributed by atoms with E-state index in [-0.39, 0.29) is 17.2 Å². The lowest BCUT2D eigenvalue weighted by atomic mass is 10.1. The topological polar surface area (TPSA) is 102 Å². The maximum absolute atomic E-state index is 11.5. The summed E-state index contributed by atoms with van der Waals surface area (Å²) in [4.78, 5) is 14.5. The zero-order chi connectivity index (χ0) is 12.9. The second-order valence-electron chi connectivity index (χ2n) is 3.56. The largest absolute Gasteiger partial charge is 0.370 e. The Morgan fingerprint density at radius 1 is 1.47 bits per heavy atom. The Morgan fingerprint density at radius 3 is 2.76 bits per heavy atom. The molecule has 0 aliphatic rings. The highest BCUT2D eigenvalue weighted by molar-refractivity contribution is 7.89. The van der Waals surface area contributed by atoms with Gasteiger partial charge in [-0.3, -0.25) is 9.78 Å². The van der Waals surface area contributed by atoms with E-state index in [9.17, 15) is 13.2 Å². The highest BCUT2D eigenvalue weighted by Crippen LogP contribution is 2.11. The van der Waals surface area contributed by atoms with E-state index in [0.29, 0.717) is 12.8 Å². The Bertz CT molecular complexity index is 499. The SMILES string of the molecule is CNS(=O)(=O)c1cncc(CCCC(N)=O)c1. The first-order valence-corrected chi connectivity index (χ1v) is 6.60. The number of carbonyl (C=O) groups is 1. The molecular weight excluding hydrogens is 242 g/mol. The number of carbonyl (C=O) groups excluding carboxylic acids is 1. The van der Waals surface area contributed by atoms with Crippen LogP contribution in [-0.2, 0) is 21.2 Å². The molecule has 0 aliphatic carbocycles. The number of primary amides is 1. The Kier molecular flexibility index (Phi) is 4.59. The van der Waals surface area contributed by atoms with Crippen molar-refractivity contribution in [1.29, 1.82) is 0 Å². The minimum atomic E-state index is -3.47. The molecule has 0 saturated heterocycles. The number of amides is 1. The standard InChI is InChI=1S/C10H15N3O3S/c1-12-17(15,16)9-5-8(6-13-7-9)3-2-4-10(11)14/h5-7,12H,2-4H2,1H3,(H2,11,14). The number of aryl methyl sites for hydroxylation is 1. The fourth-order valence-corrected chi connectivity index (χ4v) is 2.07. The summed E-state index contributed by atoms with van der Waals surface area (Å²) in [5.41, 5.74) is 5.78. The van der Waals surface area contributed by atoms with Crippen LogP contribution in [0.15, 0.2) is 23.4 Å². The van der Waals surface area contributed by atoms with E-state index in [2.05, 4.69) is 9.71 Å². The van der Waals surface area contributed by atoms with Gasteiger partial charge in [-0.25, -0.2) is 13.1 Å². The summed E-state index contributed by atoms with van der Waals surface area (Å²) in [5, 5.41) is 0. The zero-order valence-electron chi connectivity index (χ0n) is 9.51. The van der Waals surface area contributed by atoms with Gasteiger partial charge in [0.1, 0.15) is 4.90 Å². The van der Waals surface area contributed by atoms with Gasteiger partial charge in [0.2, 0.25) is 15.9 Å². The first-order valence-electron chi connectivity index (χ1n) is 5.11. The highest BCUT2D eigenvalue weighted by atomic mass is 32.2. The van der Waals surface area contributed by atoms with Crippen molar-refractivity contribution in [3.05, 3.63) is 24.0 Å². The molecule has 0 spiro atoms. The maximum Gasteiger partial charge on any atom is 0.241 e. The van der Waals surface area contributed by atoms with E-state index in [0.717, 1.165) is 5.56 Å². The normalized spacial score (nSPS) is 11.4. The minimum absolute atomic E-state index is 0.122. The molecule has 7 heteroatoms. The molecule has 1 amide bonds. The summed E-state index contributed by atoms with van der Waals surface area (Å²) in [6.07, 6.45) is 4.30. The molecule has 17 heavy (non-hydrogen) atoms. The fourth-order valence-electron chi connectivity index (χ4n) is 1.33. The first kappa shape index (κ1) is 13.6.